The molecule has 238 valence electrons. The van der Waals surface area contributed by atoms with Gasteiger partial charge in [-0.1, -0.05) is 0 Å². The Labute approximate surface area is 241 Å². The zero-order valence-corrected chi connectivity index (χ0v) is 23.9. The van der Waals surface area contributed by atoms with Gasteiger partial charge in [-0.05, 0) is 106 Å². The minimum atomic E-state index is -6.44. The van der Waals surface area contributed by atoms with Crippen molar-refractivity contribution >= 4 is 22.1 Å². The Balaban J connectivity index is 1.17. The number of carbonyl (C=O) groups is 2. The van der Waals surface area contributed by atoms with Gasteiger partial charge >= 0.3 is 33.2 Å². The smallest absolute Gasteiger partial charge is 0.431 e. The first kappa shape index (κ1) is 30.5. The molecule has 0 aliphatic heterocycles. The van der Waals surface area contributed by atoms with Crippen LogP contribution in [0.2, 0.25) is 0 Å². The molecular formula is C28H38F4O9S. The standard InChI is InChI=1S/C28H38F4O9S/c29-27(30,28(31,32)42(37,38)39)2-1-20(41-24(36)26-8-15-5-18(11-26)22(34)19(6-15)12-26)13-40-23(35)25-7-14-3-16(9-25)21(33)17(4-14)10-25/h14-22,33-34H,1-13H2,(H,37,38,39). The molecule has 8 rings (SSSR count). The van der Waals surface area contributed by atoms with Crippen LogP contribution >= 0.6 is 0 Å². The van der Waals surface area contributed by atoms with Crippen LogP contribution in [-0.4, -0.2) is 71.2 Å². The van der Waals surface area contributed by atoms with Gasteiger partial charge in [0.1, 0.15) is 12.7 Å². The molecule has 5 unspecified atom stereocenters. The molecule has 3 N–H and O–H groups in total. The highest BCUT2D eigenvalue weighted by molar-refractivity contribution is 7.87. The van der Waals surface area contributed by atoms with Crippen molar-refractivity contribution in [2.45, 2.75) is 107 Å². The van der Waals surface area contributed by atoms with Crippen LogP contribution in [0, 0.1) is 46.3 Å². The Hall–Kier alpha value is -1.51. The van der Waals surface area contributed by atoms with Crippen LogP contribution in [-0.2, 0) is 29.2 Å². The van der Waals surface area contributed by atoms with Gasteiger partial charge in [-0.15, -0.1) is 0 Å². The van der Waals surface area contributed by atoms with E-state index in [1.165, 1.54) is 0 Å². The first-order valence-corrected chi connectivity index (χ1v) is 16.4. The van der Waals surface area contributed by atoms with Gasteiger partial charge < -0.3 is 19.7 Å². The first-order chi connectivity index (χ1) is 19.5. The quantitative estimate of drug-likeness (QED) is 0.188. The van der Waals surface area contributed by atoms with Gasteiger partial charge in [0.25, 0.3) is 0 Å². The lowest BCUT2D eigenvalue weighted by Gasteiger charge is -2.57. The highest BCUT2D eigenvalue weighted by Gasteiger charge is 2.65. The van der Waals surface area contributed by atoms with Crippen LogP contribution in [0.15, 0.2) is 0 Å². The molecular weight excluding hydrogens is 588 g/mol. The minimum Gasteiger partial charge on any atom is -0.461 e. The number of ether oxygens (including phenoxy) is 2. The molecule has 5 atom stereocenters. The number of esters is 2. The third kappa shape index (κ3) is 4.86. The molecule has 0 amide bonds. The van der Waals surface area contributed by atoms with Crippen LogP contribution in [0.5, 0.6) is 0 Å². The maximum atomic E-state index is 14.4. The summed E-state index contributed by atoms with van der Waals surface area (Å²) in [5, 5.41) is 15.3. The maximum Gasteiger partial charge on any atom is 0.431 e. The number of aliphatic hydroxyl groups excluding tert-OH is 2. The summed E-state index contributed by atoms with van der Waals surface area (Å²) in [5.41, 5.74) is -1.82. The van der Waals surface area contributed by atoms with Gasteiger partial charge in [0.15, 0.2) is 0 Å². The van der Waals surface area contributed by atoms with E-state index in [9.17, 15) is 45.8 Å². The van der Waals surface area contributed by atoms with E-state index < -0.39 is 81.8 Å². The van der Waals surface area contributed by atoms with Gasteiger partial charge in [0.05, 0.1) is 23.0 Å². The molecule has 14 heteroatoms. The third-order valence-corrected chi connectivity index (χ3v) is 12.5. The molecule has 0 aromatic rings. The maximum absolute atomic E-state index is 14.4. The molecule has 0 saturated heterocycles. The topological polar surface area (TPSA) is 147 Å². The number of hydrogen-bond acceptors (Lipinski definition) is 8. The molecule has 9 nitrogen and oxygen atoms in total. The predicted octanol–water partition coefficient (Wildman–Crippen LogP) is 3.71. The first-order valence-electron chi connectivity index (χ1n) is 14.9. The zero-order chi connectivity index (χ0) is 30.5. The Kier molecular flexibility index (Phi) is 7.26. The molecule has 8 bridgehead atoms. The Morgan fingerprint density at radius 3 is 1.64 bits per heavy atom. The summed E-state index contributed by atoms with van der Waals surface area (Å²) in [4.78, 5) is 26.9. The summed E-state index contributed by atoms with van der Waals surface area (Å²) >= 11 is 0. The van der Waals surface area contributed by atoms with E-state index in [2.05, 4.69) is 0 Å². The Bertz CT molecular complexity index is 1190. The summed E-state index contributed by atoms with van der Waals surface area (Å²) in [6.07, 6.45) is 0.403. The summed E-state index contributed by atoms with van der Waals surface area (Å²) in [6, 6.07) is 0. The van der Waals surface area contributed by atoms with Crippen molar-refractivity contribution in [3.63, 3.8) is 0 Å². The fourth-order valence-electron chi connectivity index (χ4n) is 9.95. The molecule has 42 heavy (non-hydrogen) atoms. The van der Waals surface area contributed by atoms with Crippen molar-refractivity contribution in [3.05, 3.63) is 0 Å². The summed E-state index contributed by atoms with van der Waals surface area (Å²) in [6.45, 7) is -0.683. The largest absolute Gasteiger partial charge is 0.461 e. The summed E-state index contributed by atoms with van der Waals surface area (Å²) in [7, 11) is -6.44. The Morgan fingerprint density at radius 1 is 0.786 bits per heavy atom. The highest BCUT2D eigenvalue weighted by atomic mass is 32.2. The second kappa shape index (κ2) is 10.00. The molecule has 8 aliphatic rings. The van der Waals surface area contributed by atoms with E-state index in [4.69, 9.17) is 14.0 Å². The van der Waals surface area contributed by atoms with E-state index in [0.29, 0.717) is 38.5 Å². The van der Waals surface area contributed by atoms with Crippen molar-refractivity contribution in [1.82, 2.24) is 0 Å². The van der Waals surface area contributed by atoms with Crippen molar-refractivity contribution in [2.24, 2.45) is 46.3 Å². The minimum absolute atomic E-state index is 0.0507. The summed E-state index contributed by atoms with van der Waals surface area (Å²) in [5.74, 6) is -6.40. The number of halogens is 4. The number of hydrogen-bond donors (Lipinski definition) is 3. The fraction of sp³-hybridized carbons (Fsp3) is 0.929. The lowest BCUT2D eigenvalue weighted by atomic mass is 9.48. The number of rotatable bonds is 10. The van der Waals surface area contributed by atoms with Gasteiger partial charge in [-0.25, -0.2) is 0 Å². The zero-order valence-electron chi connectivity index (χ0n) is 23.1. The van der Waals surface area contributed by atoms with E-state index >= 15 is 0 Å². The van der Waals surface area contributed by atoms with Crippen molar-refractivity contribution < 1.29 is 59.8 Å². The van der Waals surface area contributed by atoms with Crippen molar-refractivity contribution in [1.29, 1.82) is 0 Å². The molecule has 0 aromatic heterocycles. The van der Waals surface area contributed by atoms with Crippen LogP contribution in [0.25, 0.3) is 0 Å². The highest BCUT2D eigenvalue weighted by Crippen LogP contribution is 2.62. The van der Waals surface area contributed by atoms with E-state index in [-0.39, 0.29) is 35.5 Å². The van der Waals surface area contributed by atoms with Gasteiger partial charge in [-0.3, -0.25) is 14.1 Å². The molecule has 8 fully saturated rings. The monoisotopic (exact) mass is 626 g/mol. The average molecular weight is 627 g/mol. The van der Waals surface area contributed by atoms with E-state index in [0.717, 1.165) is 25.7 Å². The lowest BCUT2D eigenvalue weighted by molar-refractivity contribution is -0.201. The Morgan fingerprint density at radius 2 is 1.21 bits per heavy atom. The third-order valence-electron chi connectivity index (χ3n) is 11.5. The average Bonchev–Trinajstić information content (AvgIpc) is 2.89. The van der Waals surface area contributed by atoms with Crippen LogP contribution in [0.1, 0.15) is 77.0 Å². The van der Waals surface area contributed by atoms with Gasteiger partial charge in [0, 0.05) is 6.42 Å². The molecule has 0 heterocycles. The van der Waals surface area contributed by atoms with Crippen LogP contribution in [0.3, 0.4) is 0 Å². The van der Waals surface area contributed by atoms with E-state index in [1.807, 2.05) is 0 Å². The van der Waals surface area contributed by atoms with Gasteiger partial charge in [-0.2, -0.15) is 26.0 Å². The molecule has 0 spiro atoms. The number of alkyl halides is 4. The number of aliphatic hydroxyl groups is 2. The SMILES string of the molecule is O=C(OCC(CCC(F)(F)C(F)(F)S(=O)(=O)O)OC(=O)C12CC3CC(C1)C(O)C(C3)C2)C12CC3CC(C1)C(O)C(C3)C2. The molecule has 0 aromatic carbocycles. The molecule has 8 saturated carbocycles. The molecule has 8 aliphatic carbocycles. The second-order valence-corrected chi connectivity index (χ2v) is 15.8. The number of carbonyl (C=O) groups excluding carboxylic acids is 2. The fourth-order valence-corrected chi connectivity index (χ4v) is 10.4. The lowest BCUT2D eigenvalue weighted by Crippen LogP contribution is -2.57. The van der Waals surface area contributed by atoms with Crippen LogP contribution in [0.4, 0.5) is 17.6 Å². The van der Waals surface area contributed by atoms with E-state index in [1.54, 1.807) is 0 Å². The second-order valence-electron chi connectivity index (χ2n) is 14.3. The normalized spacial score (nSPS) is 42.9. The van der Waals surface area contributed by atoms with Crippen molar-refractivity contribution in [3.8, 4) is 0 Å². The predicted molar refractivity (Wildman–Crippen MR) is 136 cm³/mol. The molecule has 0 radical (unpaired) electrons. The van der Waals surface area contributed by atoms with Crippen molar-refractivity contribution in [2.75, 3.05) is 6.61 Å². The van der Waals surface area contributed by atoms with Crippen LogP contribution < -0.4 is 0 Å². The van der Waals surface area contributed by atoms with Gasteiger partial charge in [0.2, 0.25) is 0 Å². The summed E-state index contributed by atoms with van der Waals surface area (Å²) < 4.78 is 98.5.